The lowest BCUT2D eigenvalue weighted by Crippen LogP contribution is -2.39. The molecule has 2 aliphatic rings. The highest BCUT2D eigenvalue weighted by Crippen LogP contribution is 2.38. The SMILES string of the molecule is CC(C(N)=O)N(c1ccc(F)cc1)c1nc(N)c(C(=O)c2ccc(N3CC4CCC(C4)C3)nc2)s1. The molecule has 10 heteroatoms. The van der Waals surface area contributed by atoms with E-state index in [1.807, 2.05) is 6.07 Å². The molecule has 1 amide bonds. The molecule has 4 N–H and O–H groups in total. The summed E-state index contributed by atoms with van der Waals surface area (Å²) < 4.78 is 13.5. The van der Waals surface area contributed by atoms with E-state index in [4.69, 9.17) is 11.5 Å². The molecule has 0 radical (unpaired) electrons. The number of rotatable bonds is 7. The monoisotopic (exact) mass is 494 g/mol. The van der Waals surface area contributed by atoms with Gasteiger partial charge in [-0.2, -0.15) is 0 Å². The Morgan fingerprint density at radius 1 is 1.14 bits per heavy atom. The number of amides is 1. The number of aromatic nitrogens is 2. The number of piperidine rings is 1. The van der Waals surface area contributed by atoms with Crippen LogP contribution in [0.15, 0.2) is 42.6 Å². The number of hydrogen-bond donors (Lipinski definition) is 2. The third kappa shape index (κ3) is 4.58. The van der Waals surface area contributed by atoms with Gasteiger partial charge in [-0.25, -0.2) is 14.4 Å². The highest BCUT2D eigenvalue weighted by atomic mass is 32.1. The van der Waals surface area contributed by atoms with Gasteiger partial charge in [0.1, 0.15) is 28.4 Å². The number of nitrogens with two attached hydrogens (primary N) is 2. The van der Waals surface area contributed by atoms with Crippen LogP contribution >= 0.6 is 11.3 Å². The second-order valence-corrected chi connectivity index (χ2v) is 10.3. The van der Waals surface area contributed by atoms with Crippen LogP contribution < -0.4 is 21.3 Å². The summed E-state index contributed by atoms with van der Waals surface area (Å²) >= 11 is 1.06. The van der Waals surface area contributed by atoms with Gasteiger partial charge in [0.25, 0.3) is 0 Å². The van der Waals surface area contributed by atoms with E-state index in [0.717, 1.165) is 42.1 Å². The molecule has 2 aromatic heterocycles. The van der Waals surface area contributed by atoms with Crippen molar-refractivity contribution >= 4 is 45.5 Å². The van der Waals surface area contributed by atoms with Crippen LogP contribution in [-0.2, 0) is 4.79 Å². The van der Waals surface area contributed by atoms with Crippen molar-refractivity contribution in [1.82, 2.24) is 9.97 Å². The second-order valence-electron chi connectivity index (χ2n) is 9.32. The summed E-state index contributed by atoms with van der Waals surface area (Å²) in [6.07, 6.45) is 5.46. The fourth-order valence-corrected chi connectivity index (χ4v) is 6.10. The fourth-order valence-electron chi connectivity index (χ4n) is 5.05. The molecule has 1 aliphatic heterocycles. The minimum Gasteiger partial charge on any atom is -0.382 e. The Kier molecular flexibility index (Phi) is 6.14. The Labute approximate surface area is 206 Å². The number of halogens is 1. The summed E-state index contributed by atoms with van der Waals surface area (Å²) in [6.45, 7) is 3.64. The maximum absolute atomic E-state index is 13.5. The number of anilines is 4. The molecule has 8 nitrogen and oxygen atoms in total. The number of thiazole rings is 1. The number of nitrogens with zero attached hydrogens (tertiary/aromatic N) is 4. The van der Waals surface area contributed by atoms with Crippen LogP contribution in [0.5, 0.6) is 0 Å². The lowest BCUT2D eigenvalue weighted by atomic mass is 9.99. The number of benzene rings is 1. The molecule has 1 aliphatic carbocycles. The predicted octanol–water partition coefficient (Wildman–Crippen LogP) is 3.74. The maximum Gasteiger partial charge on any atom is 0.240 e. The van der Waals surface area contributed by atoms with Crippen LogP contribution in [0.3, 0.4) is 0 Å². The number of hydrogen-bond acceptors (Lipinski definition) is 8. The molecule has 5 rings (SSSR count). The molecule has 1 aromatic carbocycles. The molecule has 0 spiro atoms. The van der Waals surface area contributed by atoms with Crippen LogP contribution in [0.2, 0.25) is 0 Å². The summed E-state index contributed by atoms with van der Waals surface area (Å²) in [4.78, 5) is 38.3. The largest absolute Gasteiger partial charge is 0.382 e. The zero-order valence-electron chi connectivity index (χ0n) is 19.4. The van der Waals surface area contributed by atoms with Gasteiger partial charge in [-0.3, -0.25) is 9.59 Å². The number of pyridine rings is 1. The van der Waals surface area contributed by atoms with E-state index in [1.54, 1.807) is 24.1 Å². The lowest BCUT2D eigenvalue weighted by molar-refractivity contribution is -0.118. The number of ketones is 1. The summed E-state index contributed by atoms with van der Waals surface area (Å²) in [5.74, 6) is 1.10. The van der Waals surface area contributed by atoms with Crippen LogP contribution in [0, 0.1) is 17.7 Å². The Hall–Kier alpha value is -3.53. The first-order valence-corrected chi connectivity index (χ1v) is 12.5. The average molecular weight is 495 g/mol. The Balaban J connectivity index is 1.40. The van der Waals surface area contributed by atoms with Crippen LogP contribution in [0.4, 0.5) is 26.8 Å². The molecule has 3 aromatic rings. The number of nitrogen functional groups attached to an aromatic ring is 1. The molecular formula is C25H27FN6O2S. The van der Waals surface area contributed by atoms with Crippen LogP contribution in [0.25, 0.3) is 0 Å². The molecule has 1 saturated carbocycles. The van der Waals surface area contributed by atoms with E-state index in [1.165, 1.54) is 43.5 Å². The van der Waals surface area contributed by atoms with E-state index >= 15 is 0 Å². The van der Waals surface area contributed by atoms with Crippen molar-refractivity contribution in [2.75, 3.05) is 28.6 Å². The van der Waals surface area contributed by atoms with Gasteiger partial charge in [-0.15, -0.1) is 0 Å². The molecule has 182 valence electrons. The molecule has 3 unspecified atom stereocenters. The minimum absolute atomic E-state index is 0.0514. The van der Waals surface area contributed by atoms with E-state index in [-0.39, 0.29) is 16.5 Å². The summed E-state index contributed by atoms with van der Waals surface area (Å²) in [7, 11) is 0. The highest BCUT2D eigenvalue weighted by molar-refractivity contribution is 7.18. The number of primary amides is 1. The van der Waals surface area contributed by atoms with E-state index in [9.17, 15) is 14.0 Å². The van der Waals surface area contributed by atoms with Crippen molar-refractivity contribution in [1.29, 1.82) is 0 Å². The highest BCUT2D eigenvalue weighted by Gasteiger charge is 2.33. The number of carbonyl (C=O) groups excluding carboxylic acids is 2. The third-order valence-electron chi connectivity index (χ3n) is 6.90. The zero-order chi connectivity index (χ0) is 24.7. The molecule has 2 bridgehead atoms. The Morgan fingerprint density at radius 2 is 1.83 bits per heavy atom. The van der Waals surface area contributed by atoms with E-state index < -0.39 is 17.8 Å². The Morgan fingerprint density at radius 3 is 2.43 bits per heavy atom. The average Bonchev–Trinajstić information content (AvgIpc) is 3.40. The zero-order valence-corrected chi connectivity index (χ0v) is 20.2. The van der Waals surface area contributed by atoms with Crippen LogP contribution in [0.1, 0.15) is 41.4 Å². The van der Waals surface area contributed by atoms with Crippen molar-refractivity contribution in [3.05, 3.63) is 58.9 Å². The third-order valence-corrected chi connectivity index (χ3v) is 7.97. The van der Waals surface area contributed by atoms with Gasteiger partial charge in [0.05, 0.1) is 0 Å². The number of carbonyl (C=O) groups is 2. The van der Waals surface area contributed by atoms with Crippen molar-refractivity contribution in [2.24, 2.45) is 17.6 Å². The van der Waals surface area contributed by atoms with Gasteiger partial charge in [0.15, 0.2) is 5.13 Å². The van der Waals surface area contributed by atoms with E-state index in [0.29, 0.717) is 16.4 Å². The molecule has 2 fully saturated rings. The first kappa shape index (κ1) is 23.2. The van der Waals surface area contributed by atoms with Crippen molar-refractivity contribution in [2.45, 2.75) is 32.2 Å². The number of fused-ring (bicyclic) bond motifs is 2. The molecule has 1 saturated heterocycles. The van der Waals surface area contributed by atoms with Gasteiger partial charge in [0, 0.05) is 30.5 Å². The smallest absolute Gasteiger partial charge is 0.240 e. The first-order chi connectivity index (χ1) is 16.8. The predicted molar refractivity (Wildman–Crippen MR) is 134 cm³/mol. The minimum atomic E-state index is -0.797. The molecule has 3 heterocycles. The summed E-state index contributed by atoms with van der Waals surface area (Å²) in [5.41, 5.74) is 12.6. The quantitative estimate of drug-likeness (QED) is 0.480. The topological polar surface area (TPSA) is 118 Å². The summed E-state index contributed by atoms with van der Waals surface area (Å²) in [5, 5.41) is 0.317. The lowest BCUT2D eigenvalue weighted by Gasteiger charge is -2.32. The standard InChI is InChI=1S/C25H27FN6O2S/c1-14(24(28)34)32(19-7-5-18(26)6-8-19)25-30-23(27)22(35-25)21(33)17-4-9-20(29-11-17)31-12-15-2-3-16(10-15)13-31/h4-9,11,14-16H,2-3,10,12-13,27H2,1H3,(H2,28,34). The van der Waals surface area contributed by atoms with E-state index in [2.05, 4.69) is 14.9 Å². The maximum atomic E-state index is 13.5. The van der Waals surface area contributed by atoms with Gasteiger partial charge in [-0.05, 0) is 74.4 Å². The van der Waals surface area contributed by atoms with Crippen molar-refractivity contribution in [3.8, 4) is 0 Å². The van der Waals surface area contributed by atoms with Gasteiger partial charge in [0.2, 0.25) is 11.7 Å². The van der Waals surface area contributed by atoms with Crippen LogP contribution in [-0.4, -0.2) is 40.8 Å². The second kappa shape index (κ2) is 9.26. The Bertz CT molecular complexity index is 1230. The first-order valence-electron chi connectivity index (χ1n) is 11.7. The van der Waals surface area contributed by atoms with Gasteiger partial charge in [-0.1, -0.05) is 11.3 Å². The fraction of sp³-hybridized carbons (Fsp3) is 0.360. The summed E-state index contributed by atoms with van der Waals surface area (Å²) in [6, 6.07) is 8.45. The molecule has 35 heavy (non-hydrogen) atoms. The normalized spacial score (nSPS) is 20.0. The van der Waals surface area contributed by atoms with Gasteiger partial charge >= 0.3 is 0 Å². The van der Waals surface area contributed by atoms with Crippen molar-refractivity contribution < 1.29 is 14.0 Å². The molecular weight excluding hydrogens is 467 g/mol. The molecule has 3 atom stereocenters. The van der Waals surface area contributed by atoms with Crippen molar-refractivity contribution in [3.63, 3.8) is 0 Å². The van der Waals surface area contributed by atoms with Gasteiger partial charge < -0.3 is 21.3 Å².